The Morgan fingerprint density at radius 3 is 2.80 bits per heavy atom. The molecule has 1 saturated carbocycles. The summed E-state index contributed by atoms with van der Waals surface area (Å²) in [5.41, 5.74) is 3.89. The summed E-state index contributed by atoms with van der Waals surface area (Å²) in [6.45, 7) is 5.35. The van der Waals surface area contributed by atoms with Crippen LogP contribution < -0.4 is 5.32 Å². The predicted octanol–water partition coefficient (Wildman–Crippen LogP) is 4.59. The van der Waals surface area contributed by atoms with Crippen LogP contribution in [0.1, 0.15) is 56.4 Å². The number of nitrogens with one attached hydrogen (secondary N) is 1. The van der Waals surface area contributed by atoms with E-state index in [1.54, 1.807) is 0 Å². The molecule has 0 spiro atoms. The number of fused-ring (bicyclic) bond motifs is 1. The van der Waals surface area contributed by atoms with Gasteiger partial charge in [0, 0.05) is 17.0 Å². The van der Waals surface area contributed by atoms with Gasteiger partial charge in [0.2, 0.25) is 0 Å². The maximum Gasteiger partial charge on any atom is 0.134 e. The van der Waals surface area contributed by atoms with Gasteiger partial charge in [-0.1, -0.05) is 26.3 Å². The zero-order valence-corrected chi connectivity index (χ0v) is 12.7. The molecule has 0 atom stereocenters. The van der Waals surface area contributed by atoms with Crippen LogP contribution in [0.5, 0.6) is 0 Å². The molecule has 108 valence electrons. The average molecular weight is 271 g/mol. The monoisotopic (exact) mass is 271 g/mol. The van der Waals surface area contributed by atoms with Crippen molar-refractivity contribution in [2.75, 3.05) is 0 Å². The van der Waals surface area contributed by atoms with Crippen molar-refractivity contribution in [1.29, 1.82) is 0 Å². The van der Waals surface area contributed by atoms with E-state index in [0.29, 0.717) is 0 Å². The van der Waals surface area contributed by atoms with Gasteiger partial charge in [0.05, 0.1) is 6.54 Å². The topological polar surface area (TPSA) is 25.2 Å². The molecule has 1 aliphatic carbocycles. The predicted molar refractivity (Wildman–Crippen MR) is 84.1 cm³/mol. The molecule has 0 unspecified atom stereocenters. The van der Waals surface area contributed by atoms with Crippen molar-refractivity contribution in [3.63, 3.8) is 0 Å². The molecule has 3 rings (SSSR count). The van der Waals surface area contributed by atoms with Crippen LogP contribution in [0.25, 0.3) is 11.0 Å². The molecule has 0 radical (unpaired) electrons. The second-order valence-corrected chi connectivity index (χ2v) is 5.95. The van der Waals surface area contributed by atoms with E-state index >= 15 is 0 Å². The van der Waals surface area contributed by atoms with E-state index in [9.17, 15) is 0 Å². The number of benzene rings is 1. The van der Waals surface area contributed by atoms with Crippen molar-refractivity contribution in [3.8, 4) is 0 Å². The first-order chi connectivity index (χ1) is 9.81. The molecular weight excluding hydrogens is 246 g/mol. The Balaban J connectivity index is 1.86. The Morgan fingerprint density at radius 1 is 1.25 bits per heavy atom. The van der Waals surface area contributed by atoms with Crippen LogP contribution in [0.4, 0.5) is 0 Å². The molecule has 20 heavy (non-hydrogen) atoms. The van der Waals surface area contributed by atoms with Gasteiger partial charge in [-0.3, -0.25) is 0 Å². The maximum atomic E-state index is 6.07. The van der Waals surface area contributed by atoms with Gasteiger partial charge in [0.15, 0.2) is 0 Å². The van der Waals surface area contributed by atoms with Gasteiger partial charge in [-0.25, -0.2) is 0 Å². The maximum absolute atomic E-state index is 6.07. The fourth-order valence-electron chi connectivity index (χ4n) is 2.84. The fourth-order valence-corrected chi connectivity index (χ4v) is 2.84. The molecule has 0 bridgehead atoms. The highest BCUT2D eigenvalue weighted by Gasteiger charge is 2.22. The zero-order valence-electron chi connectivity index (χ0n) is 12.7. The number of furan rings is 1. The minimum atomic E-state index is 0.730. The highest BCUT2D eigenvalue weighted by atomic mass is 16.3. The summed E-state index contributed by atoms with van der Waals surface area (Å²) in [4.78, 5) is 0. The zero-order chi connectivity index (χ0) is 13.9. The molecule has 1 aromatic carbocycles. The molecular formula is C18H25NO. The molecule has 0 aliphatic heterocycles. The number of rotatable bonds is 7. The van der Waals surface area contributed by atoms with Gasteiger partial charge in [-0.05, 0) is 49.8 Å². The van der Waals surface area contributed by atoms with E-state index in [2.05, 4.69) is 37.4 Å². The van der Waals surface area contributed by atoms with Crippen molar-refractivity contribution in [2.45, 2.75) is 65.0 Å². The number of aryl methyl sites for hydroxylation is 2. The molecule has 1 aliphatic rings. The first-order valence-corrected chi connectivity index (χ1v) is 8.08. The molecule has 1 aromatic heterocycles. The summed E-state index contributed by atoms with van der Waals surface area (Å²) in [6, 6.07) is 7.45. The summed E-state index contributed by atoms with van der Waals surface area (Å²) in [7, 11) is 0. The third kappa shape index (κ3) is 2.90. The second-order valence-electron chi connectivity index (χ2n) is 5.95. The molecule has 2 aromatic rings. The molecule has 0 saturated heterocycles. The first-order valence-electron chi connectivity index (χ1n) is 8.08. The molecule has 1 fully saturated rings. The van der Waals surface area contributed by atoms with Crippen molar-refractivity contribution in [1.82, 2.24) is 5.32 Å². The number of hydrogen-bond acceptors (Lipinski definition) is 2. The van der Waals surface area contributed by atoms with E-state index < -0.39 is 0 Å². The van der Waals surface area contributed by atoms with Crippen molar-refractivity contribution in [3.05, 3.63) is 35.1 Å². The lowest BCUT2D eigenvalue weighted by Crippen LogP contribution is -2.15. The third-order valence-corrected chi connectivity index (χ3v) is 4.24. The SMILES string of the molecule is CCCCc1ccc2oc(CNC3CC3)c(CC)c2c1. The van der Waals surface area contributed by atoms with Gasteiger partial charge < -0.3 is 9.73 Å². The summed E-state index contributed by atoms with van der Waals surface area (Å²) >= 11 is 0. The first kappa shape index (κ1) is 13.7. The highest BCUT2D eigenvalue weighted by molar-refractivity contribution is 5.83. The van der Waals surface area contributed by atoms with Crippen molar-refractivity contribution in [2.24, 2.45) is 0 Å². The Hall–Kier alpha value is -1.28. The van der Waals surface area contributed by atoms with Crippen LogP contribution >= 0.6 is 0 Å². The Morgan fingerprint density at radius 2 is 2.10 bits per heavy atom. The van der Waals surface area contributed by atoms with Crippen molar-refractivity contribution < 1.29 is 4.42 Å². The Labute approximate surface area is 121 Å². The third-order valence-electron chi connectivity index (χ3n) is 4.24. The van der Waals surface area contributed by atoms with E-state index in [4.69, 9.17) is 4.42 Å². The van der Waals surface area contributed by atoms with Gasteiger partial charge in [-0.15, -0.1) is 0 Å². The number of hydrogen-bond donors (Lipinski definition) is 1. The summed E-state index contributed by atoms with van der Waals surface area (Å²) in [6.07, 6.45) is 7.38. The lowest BCUT2D eigenvalue weighted by Gasteiger charge is -2.02. The minimum Gasteiger partial charge on any atom is -0.459 e. The number of unbranched alkanes of at least 4 members (excludes halogenated alkanes) is 1. The standard InChI is InChI=1S/C18H25NO/c1-3-5-6-13-7-10-17-16(11-13)15(4-2)18(20-17)12-19-14-8-9-14/h7,10-11,14,19H,3-6,8-9,12H2,1-2H3. The lowest BCUT2D eigenvalue weighted by molar-refractivity contribution is 0.507. The normalized spacial score (nSPS) is 15.1. The van der Waals surface area contributed by atoms with Crippen LogP contribution in [0.3, 0.4) is 0 Å². The van der Waals surface area contributed by atoms with Gasteiger partial charge in [0.1, 0.15) is 11.3 Å². The minimum absolute atomic E-state index is 0.730. The van der Waals surface area contributed by atoms with E-state index in [1.165, 1.54) is 48.6 Å². The van der Waals surface area contributed by atoms with Gasteiger partial charge in [0.25, 0.3) is 0 Å². The Bertz CT molecular complexity index is 580. The summed E-state index contributed by atoms with van der Waals surface area (Å²) < 4.78 is 6.07. The van der Waals surface area contributed by atoms with E-state index in [-0.39, 0.29) is 0 Å². The van der Waals surface area contributed by atoms with Gasteiger partial charge >= 0.3 is 0 Å². The van der Waals surface area contributed by atoms with Crippen LogP contribution in [0, 0.1) is 0 Å². The molecule has 2 heteroatoms. The average Bonchev–Trinajstić information content (AvgIpc) is 3.23. The highest BCUT2D eigenvalue weighted by Crippen LogP contribution is 2.29. The quantitative estimate of drug-likeness (QED) is 0.796. The Kier molecular flexibility index (Phi) is 4.11. The fraction of sp³-hybridized carbons (Fsp3) is 0.556. The van der Waals surface area contributed by atoms with Crippen LogP contribution in [0.2, 0.25) is 0 Å². The van der Waals surface area contributed by atoms with Gasteiger partial charge in [-0.2, -0.15) is 0 Å². The van der Waals surface area contributed by atoms with E-state index in [1.807, 2.05) is 0 Å². The van der Waals surface area contributed by atoms with Crippen LogP contribution in [0.15, 0.2) is 22.6 Å². The van der Waals surface area contributed by atoms with Crippen molar-refractivity contribution >= 4 is 11.0 Å². The summed E-state index contributed by atoms with van der Waals surface area (Å²) in [5.74, 6) is 1.14. The second kappa shape index (κ2) is 6.01. The largest absolute Gasteiger partial charge is 0.459 e. The molecule has 2 nitrogen and oxygen atoms in total. The molecule has 0 amide bonds. The van der Waals surface area contributed by atoms with Crippen LogP contribution in [-0.4, -0.2) is 6.04 Å². The molecule has 1 heterocycles. The lowest BCUT2D eigenvalue weighted by atomic mass is 10.0. The van der Waals surface area contributed by atoms with Crippen LogP contribution in [-0.2, 0) is 19.4 Å². The summed E-state index contributed by atoms with van der Waals surface area (Å²) in [5, 5.41) is 4.89. The van der Waals surface area contributed by atoms with E-state index in [0.717, 1.165) is 30.4 Å². The smallest absolute Gasteiger partial charge is 0.134 e. The molecule has 1 N–H and O–H groups in total.